The van der Waals surface area contributed by atoms with Crippen molar-refractivity contribution in [3.63, 3.8) is 0 Å². The molecule has 7 aliphatic rings. The molecule has 5 N–H and O–H groups in total. The molecule has 6 fully saturated rings. The lowest BCUT2D eigenvalue weighted by molar-refractivity contribution is -0.347. The van der Waals surface area contributed by atoms with E-state index >= 15 is 0 Å². The van der Waals surface area contributed by atoms with Gasteiger partial charge in [-0.2, -0.15) is 0 Å². The third kappa shape index (κ3) is 8.65. The Morgan fingerprint density at radius 3 is 2.02 bits per heavy atom. The van der Waals surface area contributed by atoms with Crippen molar-refractivity contribution in [1.29, 1.82) is 0 Å². The lowest BCUT2D eigenvalue weighted by Crippen LogP contribution is -2.66. The number of ether oxygens (including phenoxy) is 9. The second-order valence-electron chi connectivity index (χ2n) is 19.9. The molecule has 0 aromatic heterocycles. The number of Topliss-reactive ketones (excluding diaryl/α,β-unsaturated/α-hetero) is 1. The summed E-state index contributed by atoms with van der Waals surface area (Å²) in [6.07, 6.45) is 2.02. The van der Waals surface area contributed by atoms with Gasteiger partial charge in [-0.05, 0) is 104 Å². The van der Waals surface area contributed by atoms with Gasteiger partial charge in [0, 0.05) is 49.9 Å². The van der Waals surface area contributed by atoms with E-state index < -0.39 is 90.6 Å². The topological polar surface area (TPSA) is 209 Å². The predicted molar refractivity (Wildman–Crippen MR) is 225 cm³/mol. The van der Waals surface area contributed by atoms with Crippen LogP contribution in [-0.4, -0.2) is 138 Å². The molecule has 3 saturated heterocycles. The van der Waals surface area contributed by atoms with E-state index in [-0.39, 0.29) is 52.7 Å². The van der Waals surface area contributed by atoms with E-state index in [9.17, 15) is 24.9 Å². The highest BCUT2D eigenvalue weighted by molar-refractivity contribution is 5.88. The molecule has 62 heavy (non-hydrogen) atoms. The molecule has 0 spiro atoms. The second-order valence-corrected chi connectivity index (χ2v) is 19.9. The Hall–Kier alpha value is -1.86. The molecule has 0 aromatic rings. The molecule has 0 bridgehead atoms. The van der Waals surface area contributed by atoms with Crippen LogP contribution in [0.4, 0.5) is 0 Å². The molecule has 15 nitrogen and oxygen atoms in total. The molecule has 0 aromatic carbocycles. The van der Waals surface area contributed by atoms with Crippen LogP contribution in [0.3, 0.4) is 0 Å². The summed E-state index contributed by atoms with van der Waals surface area (Å²) >= 11 is 0. The zero-order valence-electron chi connectivity index (χ0n) is 38.7. The number of esters is 1. The summed E-state index contributed by atoms with van der Waals surface area (Å²) in [6.45, 7) is 16.8. The minimum atomic E-state index is -1.14. The first-order chi connectivity index (χ1) is 28.8. The summed E-state index contributed by atoms with van der Waals surface area (Å²) in [5.41, 5.74) is -0.416. The zero-order valence-corrected chi connectivity index (χ0v) is 38.7. The molecule has 15 heteroatoms. The van der Waals surface area contributed by atoms with Crippen molar-refractivity contribution >= 4 is 11.8 Å². The third-order valence-corrected chi connectivity index (χ3v) is 16.8. The second kappa shape index (κ2) is 19.2. The van der Waals surface area contributed by atoms with E-state index in [1.165, 1.54) is 5.57 Å². The van der Waals surface area contributed by atoms with Gasteiger partial charge < -0.3 is 63.4 Å². The maximum Gasteiger partial charge on any atom is 0.333 e. The molecule has 20 unspecified atom stereocenters. The average Bonchev–Trinajstić information content (AvgIpc) is 3.52. The minimum absolute atomic E-state index is 0. The van der Waals surface area contributed by atoms with Crippen LogP contribution in [-0.2, 0) is 52.2 Å². The number of carbonyl (C=O) groups excluding carboxylic acids is 2. The van der Waals surface area contributed by atoms with E-state index in [1.54, 1.807) is 48.0 Å². The van der Waals surface area contributed by atoms with Gasteiger partial charge in [-0.25, -0.2) is 4.79 Å². The fourth-order valence-corrected chi connectivity index (χ4v) is 12.8. The molecule has 0 radical (unpaired) electrons. The highest BCUT2D eigenvalue weighted by atomic mass is 16.7. The molecule has 354 valence electrons. The number of carbonyl (C=O) groups is 2. The Kier molecular flexibility index (Phi) is 15.3. The Morgan fingerprint density at radius 1 is 0.806 bits per heavy atom. The number of rotatable bonds is 11. The van der Waals surface area contributed by atoms with E-state index in [2.05, 4.69) is 13.0 Å². The van der Waals surface area contributed by atoms with Gasteiger partial charge in [0.05, 0.1) is 48.3 Å². The zero-order chi connectivity index (χ0) is 44.3. The van der Waals surface area contributed by atoms with E-state index in [0.717, 1.165) is 19.3 Å². The first-order valence-corrected chi connectivity index (χ1v) is 22.9. The van der Waals surface area contributed by atoms with Gasteiger partial charge in [-0.1, -0.05) is 38.5 Å². The van der Waals surface area contributed by atoms with Crippen LogP contribution >= 0.6 is 0 Å². The summed E-state index contributed by atoms with van der Waals surface area (Å²) in [5.74, 6) is -1.13. The standard InChI is InChI=1S/C47H74O14.H2O/c1-12-23(2)43(51)59-36-20-33-32(47(52)18-16-31(25(4)48)46(36,47)9)14-13-29-19-30(15-17-45(29,33)8)58-37-21-34(53-10)41(27(6)55-37)60-38-22-35(54-11)42(28(7)56-38)61-44-40(50)24(3)39(49)26(5)57-44;/h12-13,24,26-28,30-42,44,49-50,52H,14-22H2,1-11H3;1H2/b23-12+;/t24?,26?,27?,28?,30?,31?,32?,33?,34?,35?,36?,37?,38?,39?,40?,41?,42?,44?,45?,46-,47?;/m0./s1. The van der Waals surface area contributed by atoms with Crippen molar-refractivity contribution in [1.82, 2.24) is 0 Å². The predicted octanol–water partition coefficient (Wildman–Crippen LogP) is 4.49. The van der Waals surface area contributed by atoms with Crippen LogP contribution < -0.4 is 0 Å². The Labute approximate surface area is 367 Å². The third-order valence-electron chi connectivity index (χ3n) is 16.8. The van der Waals surface area contributed by atoms with E-state index in [1.807, 2.05) is 27.7 Å². The fourth-order valence-electron chi connectivity index (χ4n) is 12.8. The normalized spacial score (nSPS) is 49.4. The maximum atomic E-state index is 13.3. The number of fused-ring (bicyclic) bond motifs is 5. The van der Waals surface area contributed by atoms with Crippen molar-refractivity contribution in [3.05, 3.63) is 23.3 Å². The molecule has 3 aliphatic heterocycles. The SMILES string of the molecule is C/C=C(\C)C(=O)OC1CC2C(CC=C3CC(OC4CC(OC)C(OC5CC(OC)C(OC6OC(C)C(O)C(C)C6O)C(C)O5)C(C)O4)CCC32C)C2(O)CCC(C(C)=O)[C@@]12C.O. The van der Waals surface area contributed by atoms with Crippen LogP contribution in [0.25, 0.3) is 0 Å². The number of allylic oxidation sites excluding steroid dienone is 2. The quantitative estimate of drug-likeness (QED) is 0.149. The van der Waals surface area contributed by atoms with Gasteiger partial charge in [-0.3, -0.25) is 4.79 Å². The molecule has 3 heterocycles. The van der Waals surface area contributed by atoms with Gasteiger partial charge in [0.1, 0.15) is 30.2 Å². The number of methoxy groups -OCH3 is 2. The minimum Gasteiger partial charge on any atom is -0.458 e. The maximum absolute atomic E-state index is 13.3. The fraction of sp³-hybridized carbons (Fsp3) is 0.872. The van der Waals surface area contributed by atoms with E-state index in [0.29, 0.717) is 44.1 Å². The van der Waals surface area contributed by atoms with Crippen molar-refractivity contribution < 1.29 is 73.0 Å². The van der Waals surface area contributed by atoms with Gasteiger partial charge in [0.25, 0.3) is 0 Å². The van der Waals surface area contributed by atoms with Crippen molar-refractivity contribution in [3.8, 4) is 0 Å². The van der Waals surface area contributed by atoms with E-state index in [4.69, 9.17) is 42.6 Å². The van der Waals surface area contributed by atoms with Crippen LogP contribution in [0, 0.1) is 34.5 Å². The molecule has 7 rings (SSSR count). The molecule has 3 saturated carbocycles. The van der Waals surface area contributed by atoms with Crippen LogP contribution in [0.2, 0.25) is 0 Å². The van der Waals surface area contributed by atoms with Crippen LogP contribution in [0.1, 0.15) is 120 Å². The molecular weight excluding hydrogens is 805 g/mol. The van der Waals surface area contributed by atoms with Gasteiger partial charge in [-0.15, -0.1) is 0 Å². The highest BCUT2D eigenvalue weighted by Gasteiger charge is 2.71. The Balaban J connectivity index is 0.00000641. The lowest BCUT2D eigenvalue weighted by Gasteiger charge is -2.63. The van der Waals surface area contributed by atoms with Crippen molar-refractivity contribution in [2.45, 2.75) is 212 Å². The smallest absolute Gasteiger partial charge is 0.333 e. The van der Waals surface area contributed by atoms with Crippen molar-refractivity contribution in [2.24, 2.45) is 34.5 Å². The van der Waals surface area contributed by atoms with Gasteiger partial charge >= 0.3 is 5.97 Å². The number of hydrogen-bond acceptors (Lipinski definition) is 14. The first-order valence-electron chi connectivity index (χ1n) is 22.9. The summed E-state index contributed by atoms with van der Waals surface area (Å²) in [5, 5.41) is 34.0. The lowest BCUT2D eigenvalue weighted by atomic mass is 9.45. The molecule has 21 atom stereocenters. The van der Waals surface area contributed by atoms with Crippen molar-refractivity contribution in [2.75, 3.05) is 14.2 Å². The molecular formula is C47H76O15. The number of aliphatic hydroxyl groups excluding tert-OH is 2. The number of hydrogen-bond donors (Lipinski definition) is 3. The summed E-state index contributed by atoms with van der Waals surface area (Å²) in [7, 11) is 3.28. The molecule has 0 amide bonds. The number of ketones is 1. The monoisotopic (exact) mass is 881 g/mol. The van der Waals surface area contributed by atoms with Crippen LogP contribution in [0.5, 0.6) is 0 Å². The summed E-state index contributed by atoms with van der Waals surface area (Å²) in [6, 6.07) is 0. The summed E-state index contributed by atoms with van der Waals surface area (Å²) < 4.78 is 56.5. The average molecular weight is 881 g/mol. The highest BCUT2D eigenvalue weighted by Crippen LogP contribution is 2.68. The first kappa shape index (κ1) is 49.6. The Morgan fingerprint density at radius 2 is 1.42 bits per heavy atom. The summed E-state index contributed by atoms with van der Waals surface area (Å²) in [4.78, 5) is 26.4. The Bertz CT molecular complexity index is 1650. The molecule has 4 aliphatic carbocycles. The van der Waals surface area contributed by atoms with Crippen LogP contribution in [0.15, 0.2) is 23.3 Å². The number of aliphatic hydroxyl groups is 3. The largest absolute Gasteiger partial charge is 0.458 e. The van der Waals surface area contributed by atoms with Gasteiger partial charge in [0.15, 0.2) is 18.9 Å². The van der Waals surface area contributed by atoms with Gasteiger partial charge in [0.2, 0.25) is 0 Å².